The van der Waals surface area contributed by atoms with Crippen molar-refractivity contribution in [1.82, 2.24) is 4.98 Å². The first-order chi connectivity index (χ1) is 13.7. The van der Waals surface area contributed by atoms with Crippen molar-refractivity contribution in [3.63, 3.8) is 0 Å². The second-order valence-electron chi connectivity index (χ2n) is 6.66. The standard InChI is InChI=1S/C20H19N3O6/c1-20(2)28-18(26)14(19(27)29-20)11-23-16-8-13(17(24)25)5-6-15(16)22-10-12-4-3-7-21-9-12/h3-9,11,22-23H,10H2,1-2H3,(H,24,25). The lowest BCUT2D eigenvalue weighted by atomic mass is 10.1. The number of hydrogen-bond donors (Lipinski definition) is 3. The van der Waals surface area contributed by atoms with E-state index in [2.05, 4.69) is 15.6 Å². The van der Waals surface area contributed by atoms with Gasteiger partial charge >= 0.3 is 17.9 Å². The Kier molecular flexibility index (Phi) is 5.49. The molecule has 2 aromatic rings. The zero-order valence-electron chi connectivity index (χ0n) is 15.8. The molecule has 9 heteroatoms. The number of cyclic esters (lactones) is 2. The van der Waals surface area contributed by atoms with Gasteiger partial charge in [0.2, 0.25) is 0 Å². The average molecular weight is 397 g/mol. The van der Waals surface area contributed by atoms with E-state index in [1.165, 1.54) is 26.0 Å². The van der Waals surface area contributed by atoms with Crippen LogP contribution in [0, 0.1) is 0 Å². The summed E-state index contributed by atoms with van der Waals surface area (Å²) >= 11 is 0. The molecule has 0 radical (unpaired) electrons. The van der Waals surface area contributed by atoms with E-state index in [4.69, 9.17) is 9.47 Å². The molecule has 3 rings (SSSR count). The summed E-state index contributed by atoms with van der Waals surface area (Å²) < 4.78 is 10.1. The number of pyridine rings is 1. The minimum absolute atomic E-state index is 0.0350. The van der Waals surface area contributed by atoms with Crippen molar-refractivity contribution in [2.75, 3.05) is 10.6 Å². The smallest absolute Gasteiger partial charge is 0.350 e. The predicted molar refractivity (Wildman–Crippen MR) is 103 cm³/mol. The SMILES string of the molecule is CC1(C)OC(=O)C(=CNc2cc(C(=O)O)ccc2NCc2cccnc2)C(=O)O1. The summed E-state index contributed by atoms with van der Waals surface area (Å²) in [5, 5.41) is 15.2. The van der Waals surface area contributed by atoms with Crippen molar-refractivity contribution < 1.29 is 29.0 Å². The Labute approximate surface area is 166 Å². The number of esters is 2. The van der Waals surface area contributed by atoms with Gasteiger partial charge in [0, 0.05) is 39.0 Å². The van der Waals surface area contributed by atoms with Gasteiger partial charge in [0.25, 0.3) is 5.79 Å². The molecule has 1 aliphatic heterocycles. The highest BCUT2D eigenvalue weighted by Gasteiger charge is 2.39. The summed E-state index contributed by atoms with van der Waals surface area (Å²) in [4.78, 5) is 39.5. The molecule has 29 heavy (non-hydrogen) atoms. The first-order valence-corrected chi connectivity index (χ1v) is 8.69. The maximum atomic E-state index is 12.1. The van der Waals surface area contributed by atoms with Crippen molar-refractivity contribution in [3.8, 4) is 0 Å². The highest BCUT2D eigenvalue weighted by atomic mass is 16.7. The molecule has 0 amide bonds. The molecule has 0 unspecified atom stereocenters. The molecule has 3 N–H and O–H groups in total. The Hall–Kier alpha value is -3.88. The van der Waals surface area contributed by atoms with Crippen LogP contribution in [0.5, 0.6) is 0 Å². The fourth-order valence-electron chi connectivity index (χ4n) is 2.58. The molecular weight excluding hydrogens is 378 g/mol. The monoisotopic (exact) mass is 397 g/mol. The summed E-state index contributed by atoms with van der Waals surface area (Å²) in [6.45, 7) is 3.33. The van der Waals surface area contributed by atoms with Crippen molar-refractivity contribution >= 4 is 29.3 Å². The second kappa shape index (κ2) is 8.01. The highest BCUT2D eigenvalue weighted by molar-refractivity contribution is 6.15. The van der Waals surface area contributed by atoms with E-state index in [-0.39, 0.29) is 11.1 Å². The van der Waals surface area contributed by atoms with E-state index in [0.717, 1.165) is 11.8 Å². The van der Waals surface area contributed by atoms with Crippen LogP contribution in [0.15, 0.2) is 54.5 Å². The molecule has 0 aliphatic carbocycles. The number of aromatic carboxylic acids is 1. The Bertz CT molecular complexity index is 963. The molecular formula is C20H19N3O6. The van der Waals surface area contributed by atoms with Crippen LogP contribution in [0.1, 0.15) is 29.8 Å². The van der Waals surface area contributed by atoms with Crippen LogP contribution in [-0.2, 0) is 25.6 Å². The molecule has 9 nitrogen and oxygen atoms in total. The summed E-state index contributed by atoms with van der Waals surface area (Å²) in [7, 11) is 0. The first kappa shape index (κ1) is 19.9. The van der Waals surface area contributed by atoms with Gasteiger partial charge < -0.3 is 25.2 Å². The molecule has 0 saturated carbocycles. The van der Waals surface area contributed by atoms with Gasteiger partial charge in [0.05, 0.1) is 16.9 Å². The molecule has 0 atom stereocenters. The number of carbonyl (C=O) groups excluding carboxylic acids is 2. The van der Waals surface area contributed by atoms with Gasteiger partial charge in [0.1, 0.15) is 0 Å². The largest absolute Gasteiger partial charge is 0.478 e. The molecule has 1 aliphatic rings. The maximum absolute atomic E-state index is 12.1. The lowest BCUT2D eigenvalue weighted by Gasteiger charge is -2.29. The van der Waals surface area contributed by atoms with Crippen LogP contribution in [0.25, 0.3) is 0 Å². The van der Waals surface area contributed by atoms with Crippen molar-refractivity contribution in [2.24, 2.45) is 0 Å². The Balaban J connectivity index is 1.84. The second-order valence-corrected chi connectivity index (χ2v) is 6.66. The summed E-state index contributed by atoms with van der Waals surface area (Å²) in [6, 6.07) is 8.10. The lowest BCUT2D eigenvalue weighted by Crippen LogP contribution is -2.42. The van der Waals surface area contributed by atoms with Crippen LogP contribution in [-0.4, -0.2) is 33.8 Å². The number of nitrogens with one attached hydrogen (secondary N) is 2. The third-order valence-corrected chi connectivity index (χ3v) is 3.96. The number of anilines is 2. The van der Waals surface area contributed by atoms with Crippen LogP contribution in [0.4, 0.5) is 11.4 Å². The lowest BCUT2D eigenvalue weighted by molar-refractivity contribution is -0.222. The Morgan fingerprint density at radius 3 is 2.52 bits per heavy atom. The number of carboxylic acid groups (broad SMARTS) is 1. The van der Waals surface area contributed by atoms with Gasteiger partial charge in [-0.3, -0.25) is 4.98 Å². The minimum Gasteiger partial charge on any atom is -0.478 e. The molecule has 0 spiro atoms. The van der Waals surface area contributed by atoms with E-state index in [1.54, 1.807) is 24.5 Å². The molecule has 150 valence electrons. The van der Waals surface area contributed by atoms with E-state index >= 15 is 0 Å². The number of benzene rings is 1. The van der Waals surface area contributed by atoms with Crippen molar-refractivity contribution in [1.29, 1.82) is 0 Å². The Morgan fingerprint density at radius 2 is 1.90 bits per heavy atom. The normalized spacial score (nSPS) is 15.2. The quantitative estimate of drug-likeness (QED) is 0.383. The zero-order chi connectivity index (χ0) is 21.0. The van der Waals surface area contributed by atoms with Crippen molar-refractivity contribution in [2.45, 2.75) is 26.2 Å². The van der Waals surface area contributed by atoms with Crippen LogP contribution < -0.4 is 10.6 Å². The average Bonchev–Trinajstić information content (AvgIpc) is 2.66. The van der Waals surface area contributed by atoms with E-state index in [0.29, 0.717) is 17.9 Å². The third kappa shape index (κ3) is 4.89. The van der Waals surface area contributed by atoms with Gasteiger partial charge in [0.15, 0.2) is 5.57 Å². The molecule has 1 fully saturated rings. The third-order valence-electron chi connectivity index (χ3n) is 3.96. The molecule has 1 aromatic carbocycles. The number of rotatable bonds is 6. The number of nitrogens with zero attached hydrogens (tertiary/aromatic N) is 1. The molecule has 1 aromatic heterocycles. The number of aromatic nitrogens is 1. The maximum Gasteiger partial charge on any atom is 0.350 e. The van der Waals surface area contributed by atoms with Gasteiger partial charge in [-0.15, -0.1) is 0 Å². The number of carbonyl (C=O) groups is 3. The van der Waals surface area contributed by atoms with E-state index in [9.17, 15) is 19.5 Å². The number of hydrogen-bond acceptors (Lipinski definition) is 8. The highest BCUT2D eigenvalue weighted by Crippen LogP contribution is 2.26. The summed E-state index contributed by atoms with van der Waals surface area (Å²) in [6.07, 6.45) is 4.49. The predicted octanol–water partition coefficient (Wildman–Crippen LogP) is 2.52. The number of carboxylic acids is 1. The van der Waals surface area contributed by atoms with Gasteiger partial charge in [-0.25, -0.2) is 14.4 Å². The van der Waals surface area contributed by atoms with Crippen molar-refractivity contribution in [3.05, 3.63) is 65.6 Å². The van der Waals surface area contributed by atoms with E-state index < -0.39 is 23.7 Å². The van der Waals surface area contributed by atoms with Gasteiger partial charge in [-0.2, -0.15) is 0 Å². The van der Waals surface area contributed by atoms with Gasteiger partial charge in [-0.05, 0) is 29.8 Å². The summed E-state index contributed by atoms with van der Waals surface area (Å²) in [5.41, 5.74) is 1.54. The van der Waals surface area contributed by atoms with Gasteiger partial charge in [-0.1, -0.05) is 6.07 Å². The van der Waals surface area contributed by atoms with Crippen LogP contribution in [0.2, 0.25) is 0 Å². The fraction of sp³-hybridized carbons (Fsp3) is 0.200. The minimum atomic E-state index is -1.34. The zero-order valence-corrected chi connectivity index (χ0v) is 15.8. The van der Waals surface area contributed by atoms with E-state index in [1.807, 2.05) is 6.07 Å². The summed E-state index contributed by atoms with van der Waals surface area (Å²) in [5.74, 6) is -4.13. The molecule has 0 bridgehead atoms. The number of ether oxygens (including phenoxy) is 2. The van der Waals surface area contributed by atoms with Crippen LogP contribution in [0.3, 0.4) is 0 Å². The Morgan fingerprint density at radius 1 is 1.17 bits per heavy atom. The topological polar surface area (TPSA) is 127 Å². The molecule has 2 heterocycles. The fourth-order valence-corrected chi connectivity index (χ4v) is 2.58. The first-order valence-electron chi connectivity index (χ1n) is 8.69. The molecule has 1 saturated heterocycles. The van der Waals surface area contributed by atoms with Crippen LogP contribution >= 0.6 is 0 Å².